The number of nitrogens with zero attached hydrogens (tertiary/aromatic N) is 4. The van der Waals surface area contributed by atoms with Crippen molar-refractivity contribution < 1.29 is 18.1 Å². The maximum atomic E-state index is 12.8. The van der Waals surface area contributed by atoms with E-state index in [9.17, 15) is 23.3 Å². The highest BCUT2D eigenvalue weighted by Gasteiger charge is 2.34. The number of piperazine rings is 1. The summed E-state index contributed by atoms with van der Waals surface area (Å²) in [5.74, 6) is -0.270. The van der Waals surface area contributed by atoms with Gasteiger partial charge in [-0.1, -0.05) is 18.2 Å². The van der Waals surface area contributed by atoms with Gasteiger partial charge >= 0.3 is 0 Å². The first kappa shape index (κ1) is 18.0. The van der Waals surface area contributed by atoms with E-state index in [4.69, 9.17) is 0 Å². The topological polar surface area (TPSA) is 114 Å². The van der Waals surface area contributed by atoms with Gasteiger partial charge in [-0.2, -0.15) is 4.31 Å². The van der Waals surface area contributed by atoms with Crippen molar-refractivity contribution in [2.45, 2.75) is 4.90 Å². The average Bonchev–Trinajstić information content (AvgIpc) is 2.68. The van der Waals surface area contributed by atoms with E-state index in [0.29, 0.717) is 5.69 Å². The van der Waals surface area contributed by atoms with Gasteiger partial charge in [0.1, 0.15) is 5.69 Å². The molecule has 0 unspecified atom stereocenters. The largest absolute Gasteiger partial charge is 0.335 e. The number of pyridine rings is 1. The number of hydrogen-bond donors (Lipinski definition) is 0. The summed E-state index contributed by atoms with van der Waals surface area (Å²) >= 11 is 0. The molecule has 3 rings (SSSR count). The molecule has 0 N–H and O–H groups in total. The Balaban J connectivity index is 1.76. The van der Waals surface area contributed by atoms with E-state index >= 15 is 0 Å². The Hall–Kier alpha value is -2.85. The molecule has 136 valence electrons. The molecular formula is C16H16N4O5S. The smallest absolute Gasteiger partial charge is 0.289 e. The van der Waals surface area contributed by atoms with Gasteiger partial charge in [0.05, 0.1) is 4.92 Å². The number of carbonyl (C=O) groups excluding carboxylic acids is 1. The summed E-state index contributed by atoms with van der Waals surface area (Å²) in [4.78, 5) is 28.0. The number of nitro benzene ring substituents is 1. The number of nitro groups is 1. The standard InChI is InChI=1S/C16H16N4O5S/c21-16(13-5-3-4-8-17-13)18-9-11-19(12-10-18)26(24,25)15-7-2-1-6-14(15)20(22)23/h1-8H,9-12H2. The lowest BCUT2D eigenvalue weighted by Gasteiger charge is -2.33. The monoisotopic (exact) mass is 376 g/mol. The maximum absolute atomic E-state index is 12.8. The molecule has 10 heteroatoms. The van der Waals surface area contributed by atoms with E-state index in [1.807, 2.05) is 0 Å². The molecule has 1 amide bonds. The zero-order valence-corrected chi connectivity index (χ0v) is 14.5. The summed E-state index contributed by atoms with van der Waals surface area (Å²) in [5.41, 5.74) is -0.165. The molecule has 2 heterocycles. The number of carbonyl (C=O) groups is 1. The van der Waals surface area contributed by atoms with E-state index in [2.05, 4.69) is 4.98 Å². The Labute approximate surface area is 150 Å². The second-order valence-corrected chi connectivity index (χ2v) is 7.54. The Kier molecular flexibility index (Phi) is 4.96. The van der Waals surface area contributed by atoms with Crippen LogP contribution in [0.5, 0.6) is 0 Å². The van der Waals surface area contributed by atoms with Gasteiger partial charge < -0.3 is 4.90 Å². The minimum Gasteiger partial charge on any atom is -0.335 e. The molecule has 0 aliphatic carbocycles. The third-order valence-corrected chi connectivity index (χ3v) is 6.04. The molecule has 2 aromatic rings. The van der Waals surface area contributed by atoms with Crippen molar-refractivity contribution in [3.8, 4) is 0 Å². The predicted molar refractivity (Wildman–Crippen MR) is 92.0 cm³/mol. The Morgan fingerprint density at radius 2 is 1.69 bits per heavy atom. The van der Waals surface area contributed by atoms with Crippen LogP contribution >= 0.6 is 0 Å². The molecule has 1 aromatic heterocycles. The van der Waals surface area contributed by atoms with Gasteiger partial charge in [0.2, 0.25) is 10.0 Å². The van der Waals surface area contributed by atoms with E-state index < -0.39 is 20.6 Å². The van der Waals surface area contributed by atoms with Crippen LogP contribution in [0.2, 0.25) is 0 Å². The van der Waals surface area contributed by atoms with Crippen molar-refractivity contribution in [3.05, 3.63) is 64.5 Å². The van der Waals surface area contributed by atoms with Gasteiger partial charge in [-0.05, 0) is 18.2 Å². The zero-order valence-electron chi connectivity index (χ0n) is 13.7. The van der Waals surface area contributed by atoms with Crippen LogP contribution in [0.25, 0.3) is 0 Å². The van der Waals surface area contributed by atoms with Crippen LogP contribution < -0.4 is 0 Å². The van der Waals surface area contributed by atoms with Crippen molar-refractivity contribution in [1.29, 1.82) is 0 Å². The van der Waals surface area contributed by atoms with E-state index in [0.717, 1.165) is 10.4 Å². The predicted octanol–water partition coefficient (Wildman–Crippen LogP) is 1.14. The van der Waals surface area contributed by atoms with Gasteiger partial charge in [0.25, 0.3) is 11.6 Å². The molecule has 0 saturated carbocycles. The quantitative estimate of drug-likeness (QED) is 0.584. The number of aromatic nitrogens is 1. The summed E-state index contributed by atoms with van der Waals surface area (Å²) < 4.78 is 26.7. The lowest BCUT2D eigenvalue weighted by Crippen LogP contribution is -2.50. The zero-order chi connectivity index (χ0) is 18.7. The second-order valence-electron chi connectivity index (χ2n) is 5.64. The lowest BCUT2D eigenvalue weighted by molar-refractivity contribution is -0.387. The first-order valence-corrected chi connectivity index (χ1v) is 9.29. The fourth-order valence-corrected chi connectivity index (χ4v) is 4.33. The van der Waals surface area contributed by atoms with E-state index in [1.54, 1.807) is 18.2 Å². The van der Waals surface area contributed by atoms with Crippen molar-refractivity contribution >= 4 is 21.6 Å². The first-order chi connectivity index (χ1) is 12.4. The summed E-state index contributed by atoms with van der Waals surface area (Å²) in [6.07, 6.45) is 1.52. The molecule has 0 radical (unpaired) electrons. The Bertz CT molecular complexity index is 925. The number of hydrogen-bond acceptors (Lipinski definition) is 6. The van der Waals surface area contributed by atoms with Crippen LogP contribution in [-0.4, -0.2) is 59.6 Å². The van der Waals surface area contributed by atoms with Crippen LogP contribution in [-0.2, 0) is 10.0 Å². The van der Waals surface area contributed by atoms with Crippen molar-refractivity contribution in [2.75, 3.05) is 26.2 Å². The van der Waals surface area contributed by atoms with Crippen LogP contribution in [0.3, 0.4) is 0 Å². The number of sulfonamides is 1. The van der Waals surface area contributed by atoms with Crippen LogP contribution in [0.1, 0.15) is 10.5 Å². The maximum Gasteiger partial charge on any atom is 0.289 e. The summed E-state index contributed by atoms with van der Waals surface area (Å²) in [5, 5.41) is 11.1. The summed E-state index contributed by atoms with van der Waals surface area (Å²) in [6, 6.07) is 10.2. The molecular weight excluding hydrogens is 360 g/mol. The highest BCUT2D eigenvalue weighted by Crippen LogP contribution is 2.27. The molecule has 26 heavy (non-hydrogen) atoms. The number of para-hydroxylation sites is 1. The molecule has 1 aliphatic heterocycles. The number of benzene rings is 1. The van der Waals surface area contributed by atoms with Crippen LogP contribution in [0.4, 0.5) is 5.69 Å². The van der Waals surface area contributed by atoms with Crippen molar-refractivity contribution in [3.63, 3.8) is 0 Å². The molecule has 1 aliphatic rings. The van der Waals surface area contributed by atoms with Crippen LogP contribution in [0, 0.1) is 10.1 Å². The molecule has 0 atom stereocenters. The number of amides is 1. The van der Waals surface area contributed by atoms with E-state index in [-0.39, 0.29) is 37.0 Å². The number of rotatable bonds is 4. The van der Waals surface area contributed by atoms with Gasteiger partial charge in [-0.15, -0.1) is 0 Å². The second kappa shape index (κ2) is 7.18. The lowest BCUT2D eigenvalue weighted by atomic mass is 10.3. The van der Waals surface area contributed by atoms with Gasteiger partial charge in [-0.25, -0.2) is 8.42 Å². The van der Waals surface area contributed by atoms with Gasteiger partial charge in [0, 0.05) is 38.4 Å². The first-order valence-electron chi connectivity index (χ1n) is 7.85. The van der Waals surface area contributed by atoms with Crippen molar-refractivity contribution in [1.82, 2.24) is 14.2 Å². The van der Waals surface area contributed by atoms with Gasteiger partial charge in [0.15, 0.2) is 4.90 Å². The van der Waals surface area contributed by atoms with Gasteiger partial charge in [-0.3, -0.25) is 19.9 Å². The molecule has 1 saturated heterocycles. The average molecular weight is 376 g/mol. The normalized spacial score (nSPS) is 15.6. The minimum absolute atomic E-state index is 0.0625. The Morgan fingerprint density at radius 3 is 2.31 bits per heavy atom. The summed E-state index contributed by atoms with van der Waals surface area (Å²) in [7, 11) is -4.01. The summed E-state index contributed by atoms with van der Waals surface area (Å²) in [6.45, 7) is 0.504. The molecule has 1 fully saturated rings. The molecule has 0 bridgehead atoms. The van der Waals surface area contributed by atoms with E-state index in [1.165, 1.54) is 29.3 Å². The van der Waals surface area contributed by atoms with Crippen molar-refractivity contribution in [2.24, 2.45) is 0 Å². The highest BCUT2D eigenvalue weighted by atomic mass is 32.2. The highest BCUT2D eigenvalue weighted by molar-refractivity contribution is 7.89. The third kappa shape index (κ3) is 3.41. The SMILES string of the molecule is O=C(c1ccccn1)N1CCN(S(=O)(=O)c2ccccc2[N+](=O)[O-])CC1. The molecule has 0 spiro atoms. The van der Waals surface area contributed by atoms with Crippen LogP contribution in [0.15, 0.2) is 53.6 Å². The third-order valence-electron chi connectivity index (χ3n) is 4.09. The minimum atomic E-state index is -4.01. The molecule has 1 aromatic carbocycles. The Morgan fingerprint density at radius 1 is 1.04 bits per heavy atom. The fourth-order valence-electron chi connectivity index (χ4n) is 2.75. The fraction of sp³-hybridized carbons (Fsp3) is 0.250. The molecule has 9 nitrogen and oxygen atoms in total.